The fourth-order valence-electron chi connectivity index (χ4n) is 5.78. The van der Waals surface area contributed by atoms with Gasteiger partial charge in [-0.05, 0) is 74.2 Å². The molecule has 0 bridgehead atoms. The van der Waals surface area contributed by atoms with Crippen LogP contribution in [0, 0.1) is 0 Å². The maximum atomic E-state index is 13.0. The lowest BCUT2D eigenvalue weighted by molar-refractivity contribution is -0.128. The second kappa shape index (κ2) is 23.4. The highest BCUT2D eigenvalue weighted by atomic mass is 16.2. The van der Waals surface area contributed by atoms with Gasteiger partial charge in [-0.2, -0.15) is 0 Å². The first kappa shape index (κ1) is 39.7. The summed E-state index contributed by atoms with van der Waals surface area (Å²) in [4.78, 5) is 55.6. The standard InChI is InChI=1S/C38H56N10O4/c49-35(39-13-9-25-43-17-1-2-18-43)31-47(32-36(50)40-14-10-26-44-19-3-4-20-44)29-30-48(33-37(51)41-15-11-27-45-21-5-6-22-45)34-38(52)42-16-12-28-46-23-7-8-24-46/h1-8,17-24H,9-16,25-34H2,(H,39,49)(H,40,50)(H,41,51)(H,42,52). The summed E-state index contributed by atoms with van der Waals surface area (Å²) in [6.45, 7) is 5.92. The number of aryl methyl sites for hydroxylation is 4. The lowest BCUT2D eigenvalue weighted by Crippen LogP contribution is -2.49. The third-order valence-corrected chi connectivity index (χ3v) is 8.53. The molecule has 0 radical (unpaired) electrons. The molecule has 0 aliphatic rings. The molecule has 14 heteroatoms. The Labute approximate surface area is 307 Å². The number of amides is 4. The first-order valence-electron chi connectivity index (χ1n) is 18.4. The normalized spacial score (nSPS) is 11.2. The van der Waals surface area contributed by atoms with E-state index in [1.165, 1.54) is 0 Å². The van der Waals surface area contributed by atoms with Crippen LogP contribution in [0.3, 0.4) is 0 Å². The van der Waals surface area contributed by atoms with Crippen LogP contribution < -0.4 is 21.3 Å². The fraction of sp³-hybridized carbons (Fsp3) is 0.474. The molecule has 14 nitrogen and oxygen atoms in total. The van der Waals surface area contributed by atoms with Gasteiger partial charge in [0.25, 0.3) is 0 Å². The molecule has 0 fully saturated rings. The van der Waals surface area contributed by atoms with Gasteiger partial charge >= 0.3 is 0 Å². The van der Waals surface area contributed by atoms with Gasteiger partial charge in [0.1, 0.15) is 0 Å². The molecule has 282 valence electrons. The highest BCUT2D eigenvalue weighted by molar-refractivity contribution is 5.82. The van der Waals surface area contributed by atoms with E-state index in [2.05, 4.69) is 39.5 Å². The van der Waals surface area contributed by atoms with Crippen LogP contribution in [-0.2, 0) is 45.4 Å². The SMILES string of the molecule is O=C(CN(CCN(CC(=O)NCCCn1cccc1)CC(=O)NCCCn1cccc1)CC(=O)NCCCn1cccc1)NCCCn1cccc1. The predicted octanol–water partition coefficient (Wildman–Crippen LogP) is 1.62. The van der Waals surface area contributed by atoms with E-state index in [1.807, 2.05) is 98.1 Å². The van der Waals surface area contributed by atoms with E-state index in [4.69, 9.17) is 0 Å². The van der Waals surface area contributed by atoms with Crippen molar-refractivity contribution in [2.75, 3.05) is 65.4 Å². The zero-order chi connectivity index (χ0) is 36.6. The van der Waals surface area contributed by atoms with Gasteiger partial charge in [-0.3, -0.25) is 29.0 Å². The van der Waals surface area contributed by atoms with Crippen molar-refractivity contribution in [1.82, 2.24) is 49.3 Å². The number of nitrogens with zero attached hydrogens (tertiary/aromatic N) is 6. The molecule has 0 aromatic carbocycles. The molecule has 0 unspecified atom stereocenters. The van der Waals surface area contributed by atoms with Crippen LogP contribution in [0.25, 0.3) is 0 Å². The highest BCUT2D eigenvalue weighted by Crippen LogP contribution is 1.99. The molecule has 0 aliphatic heterocycles. The second-order valence-electron chi connectivity index (χ2n) is 12.9. The Hall–Kier alpha value is -5.08. The summed E-state index contributed by atoms with van der Waals surface area (Å²) >= 11 is 0. The molecule has 4 amide bonds. The molecule has 4 aromatic heterocycles. The maximum absolute atomic E-state index is 13.0. The summed E-state index contributed by atoms with van der Waals surface area (Å²) in [5.41, 5.74) is 0. The molecule has 0 saturated carbocycles. The lowest BCUT2D eigenvalue weighted by Gasteiger charge is -2.26. The number of rotatable bonds is 27. The molecule has 52 heavy (non-hydrogen) atoms. The average molecular weight is 717 g/mol. The fourth-order valence-corrected chi connectivity index (χ4v) is 5.78. The Morgan fingerprint density at radius 3 is 0.788 bits per heavy atom. The third kappa shape index (κ3) is 16.8. The van der Waals surface area contributed by atoms with Crippen molar-refractivity contribution in [1.29, 1.82) is 0 Å². The van der Waals surface area contributed by atoms with Gasteiger partial charge in [-0.15, -0.1) is 0 Å². The van der Waals surface area contributed by atoms with Crippen LogP contribution in [0.2, 0.25) is 0 Å². The number of aromatic nitrogens is 4. The molecule has 0 atom stereocenters. The van der Waals surface area contributed by atoms with Gasteiger partial charge < -0.3 is 39.5 Å². The van der Waals surface area contributed by atoms with E-state index in [9.17, 15) is 19.2 Å². The van der Waals surface area contributed by atoms with Crippen LogP contribution in [0.15, 0.2) is 98.1 Å². The van der Waals surface area contributed by atoms with Crippen molar-refractivity contribution in [3.63, 3.8) is 0 Å². The van der Waals surface area contributed by atoms with Crippen molar-refractivity contribution in [2.45, 2.75) is 51.9 Å². The minimum atomic E-state index is -0.180. The van der Waals surface area contributed by atoms with Crippen molar-refractivity contribution < 1.29 is 19.2 Å². The Bertz CT molecular complexity index is 1310. The van der Waals surface area contributed by atoms with Gasteiger partial charge in [0, 0.05) is 115 Å². The smallest absolute Gasteiger partial charge is 0.234 e. The molecule has 4 rings (SSSR count). The molecular formula is C38H56N10O4. The largest absolute Gasteiger partial charge is 0.355 e. The number of hydrogen-bond donors (Lipinski definition) is 4. The Kier molecular flexibility index (Phi) is 17.9. The molecule has 0 saturated heterocycles. The van der Waals surface area contributed by atoms with Crippen LogP contribution in [-0.4, -0.2) is 117 Å². The number of nitrogens with one attached hydrogen (secondary N) is 4. The molecule has 4 N–H and O–H groups in total. The number of carbonyl (C=O) groups is 4. The average Bonchev–Trinajstić information content (AvgIpc) is 3.97. The lowest BCUT2D eigenvalue weighted by atomic mass is 10.3. The van der Waals surface area contributed by atoms with Crippen molar-refractivity contribution >= 4 is 23.6 Å². The summed E-state index contributed by atoms with van der Waals surface area (Å²) in [6.07, 6.45) is 19.0. The highest BCUT2D eigenvalue weighted by Gasteiger charge is 2.19. The van der Waals surface area contributed by atoms with Crippen LogP contribution in [0.4, 0.5) is 0 Å². The Balaban J connectivity index is 1.29. The van der Waals surface area contributed by atoms with Gasteiger partial charge in [0.15, 0.2) is 0 Å². The first-order valence-corrected chi connectivity index (χ1v) is 18.4. The topological polar surface area (TPSA) is 143 Å². The van der Waals surface area contributed by atoms with E-state index in [0.29, 0.717) is 39.3 Å². The zero-order valence-corrected chi connectivity index (χ0v) is 30.3. The predicted molar refractivity (Wildman–Crippen MR) is 201 cm³/mol. The van der Waals surface area contributed by atoms with E-state index in [-0.39, 0.29) is 49.8 Å². The quantitative estimate of drug-likeness (QED) is 0.0692. The summed E-state index contributed by atoms with van der Waals surface area (Å²) in [6, 6.07) is 15.7. The van der Waals surface area contributed by atoms with E-state index in [0.717, 1.165) is 51.9 Å². The molecular weight excluding hydrogens is 660 g/mol. The minimum absolute atomic E-state index is 0.0192. The van der Waals surface area contributed by atoms with E-state index < -0.39 is 0 Å². The van der Waals surface area contributed by atoms with E-state index in [1.54, 1.807) is 9.80 Å². The third-order valence-electron chi connectivity index (χ3n) is 8.53. The summed E-state index contributed by atoms with van der Waals surface area (Å²) in [5.74, 6) is -0.721. The zero-order valence-electron chi connectivity index (χ0n) is 30.3. The second-order valence-corrected chi connectivity index (χ2v) is 12.9. The molecule has 0 spiro atoms. The first-order chi connectivity index (χ1) is 25.4. The van der Waals surface area contributed by atoms with Gasteiger partial charge in [0.05, 0.1) is 26.2 Å². The summed E-state index contributed by atoms with van der Waals surface area (Å²) < 4.78 is 8.24. The number of carbonyl (C=O) groups excluding carboxylic acids is 4. The van der Waals surface area contributed by atoms with Gasteiger partial charge in [0.2, 0.25) is 23.6 Å². The van der Waals surface area contributed by atoms with Crippen LogP contribution >= 0.6 is 0 Å². The maximum Gasteiger partial charge on any atom is 0.234 e. The molecule has 0 aliphatic carbocycles. The van der Waals surface area contributed by atoms with Crippen molar-refractivity contribution in [3.05, 3.63) is 98.1 Å². The van der Waals surface area contributed by atoms with Gasteiger partial charge in [-0.25, -0.2) is 0 Å². The van der Waals surface area contributed by atoms with Crippen molar-refractivity contribution in [2.24, 2.45) is 0 Å². The Morgan fingerprint density at radius 2 is 0.577 bits per heavy atom. The van der Waals surface area contributed by atoms with Crippen LogP contribution in [0.1, 0.15) is 25.7 Å². The van der Waals surface area contributed by atoms with E-state index >= 15 is 0 Å². The van der Waals surface area contributed by atoms with Gasteiger partial charge in [-0.1, -0.05) is 0 Å². The van der Waals surface area contributed by atoms with Crippen LogP contribution in [0.5, 0.6) is 0 Å². The summed E-state index contributed by atoms with van der Waals surface area (Å²) in [7, 11) is 0. The number of hydrogen-bond acceptors (Lipinski definition) is 6. The Morgan fingerprint density at radius 1 is 0.365 bits per heavy atom. The minimum Gasteiger partial charge on any atom is -0.355 e. The summed E-state index contributed by atoms with van der Waals surface area (Å²) in [5, 5.41) is 11.9. The van der Waals surface area contributed by atoms with Crippen molar-refractivity contribution in [3.8, 4) is 0 Å². The monoisotopic (exact) mass is 716 g/mol. The molecule has 4 aromatic rings. The molecule has 4 heterocycles.